The minimum atomic E-state index is 0.0353. The Morgan fingerprint density at radius 1 is 1.27 bits per heavy atom. The lowest BCUT2D eigenvalue weighted by Crippen LogP contribution is -2.24. The second-order valence-electron chi connectivity index (χ2n) is 3.43. The largest absolute Gasteiger partial charge is 0.310 e. The number of hydrogen-bond acceptors (Lipinski definition) is 1. The molecule has 0 aromatic rings. The normalized spacial score (nSPS) is 11.5. The van der Waals surface area contributed by atoms with Gasteiger partial charge in [-0.15, -0.1) is 0 Å². The summed E-state index contributed by atoms with van der Waals surface area (Å²) in [5.74, 6) is 0. The maximum absolute atomic E-state index is 2.40. The summed E-state index contributed by atoms with van der Waals surface area (Å²) < 4.78 is 0. The first kappa shape index (κ1) is 10.9. The number of hydrogen-bond donors (Lipinski definition) is 0. The minimum Gasteiger partial charge on any atom is -0.310 e. The molecule has 0 radical (unpaired) electrons. The summed E-state index contributed by atoms with van der Waals surface area (Å²) in [6.45, 7) is 10.1. The predicted molar refractivity (Wildman–Crippen MR) is 55.8 cm³/mol. The molecule has 0 atom stereocenters. The van der Waals surface area contributed by atoms with Gasteiger partial charge in [0.1, 0.15) is 0 Å². The van der Waals surface area contributed by atoms with Gasteiger partial charge in [0.25, 0.3) is 0 Å². The molecule has 0 amide bonds. The van der Waals surface area contributed by atoms with Gasteiger partial charge < -0.3 is 4.90 Å². The fraction of sp³-hybridized carbons (Fsp3) is 0.778. The zero-order valence-electron chi connectivity index (χ0n) is 8.57. The van der Waals surface area contributed by atoms with E-state index in [9.17, 15) is 0 Å². The Morgan fingerprint density at radius 3 is 2.18 bits per heavy atom. The maximum Gasteiger partial charge on any atom is 0.0648 e. The molecule has 0 aliphatic heterocycles. The third-order valence-electron chi connectivity index (χ3n) is 2.26. The van der Waals surface area contributed by atoms with Crippen molar-refractivity contribution in [1.29, 1.82) is 0 Å². The van der Waals surface area contributed by atoms with E-state index in [0.29, 0.717) is 0 Å². The van der Waals surface area contributed by atoms with Crippen LogP contribution in [0.15, 0.2) is 10.8 Å². The Labute approximate surface area is 73.3 Å². The van der Waals surface area contributed by atoms with Crippen molar-refractivity contribution < 1.29 is 0 Å². The second-order valence-corrected chi connectivity index (χ2v) is 5.43. The van der Waals surface area contributed by atoms with E-state index in [1.807, 2.05) is 0 Å². The molecule has 0 heterocycles. The summed E-state index contributed by atoms with van der Waals surface area (Å²) in [6, 6.07) is 0. The zero-order valence-corrected chi connectivity index (χ0v) is 9.98. The van der Waals surface area contributed by atoms with E-state index in [2.05, 4.69) is 39.6 Å². The molecule has 0 aliphatic rings. The number of nitrogens with zero attached hydrogens (tertiary/aromatic N) is 1. The van der Waals surface area contributed by atoms with Gasteiger partial charge in [-0.05, 0) is 40.5 Å². The Hall–Kier alpha value is -0.0831. The van der Waals surface area contributed by atoms with Crippen LogP contribution in [-0.4, -0.2) is 34.2 Å². The van der Waals surface area contributed by atoms with Crippen molar-refractivity contribution in [2.24, 2.45) is 0 Å². The third kappa shape index (κ3) is 5.22. The topological polar surface area (TPSA) is 3.24 Å². The molecule has 66 valence electrons. The smallest absolute Gasteiger partial charge is 0.0648 e. The van der Waals surface area contributed by atoms with Gasteiger partial charge in [-0.1, -0.05) is 17.7 Å². The molecule has 11 heavy (non-hydrogen) atoms. The minimum absolute atomic E-state index is 0.0353. The van der Waals surface area contributed by atoms with Gasteiger partial charge in [0.05, 0.1) is 9.52 Å². The van der Waals surface area contributed by atoms with E-state index in [1.54, 1.807) is 5.20 Å². The highest BCUT2D eigenvalue weighted by molar-refractivity contribution is 6.45. The van der Waals surface area contributed by atoms with Crippen LogP contribution in [0.3, 0.4) is 0 Å². The van der Waals surface area contributed by atoms with Gasteiger partial charge in [0, 0.05) is 0 Å². The van der Waals surface area contributed by atoms with Crippen molar-refractivity contribution in [1.82, 2.24) is 4.90 Å². The van der Waals surface area contributed by atoms with E-state index in [0.717, 1.165) is 0 Å². The predicted octanol–water partition coefficient (Wildman–Crippen LogP) is 1.38. The highest BCUT2D eigenvalue weighted by Crippen LogP contribution is 1.99. The molecule has 0 spiro atoms. The molecule has 0 saturated carbocycles. The molecule has 0 bridgehead atoms. The van der Waals surface area contributed by atoms with Crippen LogP contribution < -0.4 is 0 Å². The molecule has 0 aromatic heterocycles. The van der Waals surface area contributed by atoms with Crippen LogP contribution in [0.2, 0.25) is 0 Å². The van der Waals surface area contributed by atoms with Crippen molar-refractivity contribution >= 4 is 9.52 Å². The first-order chi connectivity index (χ1) is 5.07. The third-order valence-corrected chi connectivity index (χ3v) is 4.71. The van der Waals surface area contributed by atoms with Gasteiger partial charge in [0.15, 0.2) is 0 Å². The summed E-state index contributed by atoms with van der Waals surface area (Å²) in [5.41, 5.74) is 1.53. The van der Waals surface area contributed by atoms with Gasteiger partial charge in [-0.2, -0.15) is 0 Å². The van der Waals surface area contributed by atoms with Crippen molar-refractivity contribution in [3.05, 3.63) is 10.8 Å². The number of allylic oxidation sites excluding steroid dienone is 2. The molecule has 1 nitrogen and oxygen atoms in total. The van der Waals surface area contributed by atoms with Crippen LogP contribution in [0.4, 0.5) is 0 Å². The first-order valence-corrected chi connectivity index (χ1v) is 6.10. The molecule has 0 unspecified atom stereocenters. The van der Waals surface area contributed by atoms with E-state index in [1.165, 1.54) is 18.3 Å². The van der Waals surface area contributed by atoms with Crippen molar-refractivity contribution in [2.75, 3.05) is 19.8 Å². The van der Waals surface area contributed by atoms with Crippen LogP contribution in [0.1, 0.15) is 27.7 Å². The highest BCUT2D eigenvalue weighted by Gasteiger charge is 1.96. The SMILES string of the molecule is CCN(C)C[SiH2]C(C)=C(C)C. The van der Waals surface area contributed by atoms with E-state index in [-0.39, 0.29) is 9.52 Å². The molecule has 0 fully saturated rings. The van der Waals surface area contributed by atoms with E-state index in [4.69, 9.17) is 0 Å². The highest BCUT2D eigenvalue weighted by atomic mass is 28.2. The molecule has 0 aliphatic carbocycles. The quantitative estimate of drug-likeness (QED) is 0.578. The van der Waals surface area contributed by atoms with Gasteiger partial charge >= 0.3 is 0 Å². The number of rotatable bonds is 4. The first-order valence-electron chi connectivity index (χ1n) is 4.39. The fourth-order valence-corrected chi connectivity index (χ4v) is 2.30. The summed E-state index contributed by atoms with van der Waals surface area (Å²) in [5, 5.41) is 1.67. The summed E-state index contributed by atoms with van der Waals surface area (Å²) in [4.78, 5) is 2.40. The lowest BCUT2D eigenvalue weighted by Gasteiger charge is -2.13. The molecular weight excluding hydrogens is 150 g/mol. The van der Waals surface area contributed by atoms with Crippen LogP contribution in [0.5, 0.6) is 0 Å². The lowest BCUT2D eigenvalue weighted by atomic mass is 10.3. The molecule has 0 saturated heterocycles. The molecule has 0 rings (SSSR count). The van der Waals surface area contributed by atoms with Gasteiger partial charge in [-0.25, -0.2) is 0 Å². The fourth-order valence-electron chi connectivity index (χ4n) is 0.767. The van der Waals surface area contributed by atoms with Crippen molar-refractivity contribution in [3.8, 4) is 0 Å². The molecule has 2 heteroatoms. The second kappa shape index (κ2) is 5.55. The van der Waals surface area contributed by atoms with Gasteiger partial charge in [0.2, 0.25) is 0 Å². The monoisotopic (exact) mass is 171 g/mol. The standard InChI is InChI=1S/C9H21NSi/c1-6-10(5)7-11-9(4)8(2)3/h6-7,11H2,1-5H3. The Bertz CT molecular complexity index is 136. The molecular formula is C9H21NSi. The van der Waals surface area contributed by atoms with Crippen LogP contribution >= 0.6 is 0 Å². The average Bonchev–Trinajstić information content (AvgIpc) is 1.99. The van der Waals surface area contributed by atoms with E-state index >= 15 is 0 Å². The Kier molecular flexibility index (Phi) is 5.51. The Morgan fingerprint density at radius 2 is 1.82 bits per heavy atom. The van der Waals surface area contributed by atoms with E-state index < -0.39 is 0 Å². The molecule has 0 aromatic carbocycles. The van der Waals surface area contributed by atoms with Crippen molar-refractivity contribution in [3.63, 3.8) is 0 Å². The summed E-state index contributed by atoms with van der Waals surface area (Å²) in [6.07, 6.45) is 1.33. The summed E-state index contributed by atoms with van der Waals surface area (Å²) in [7, 11) is 2.24. The summed E-state index contributed by atoms with van der Waals surface area (Å²) >= 11 is 0. The maximum atomic E-state index is 2.40. The van der Waals surface area contributed by atoms with Crippen molar-refractivity contribution in [2.45, 2.75) is 27.7 Å². The van der Waals surface area contributed by atoms with Crippen LogP contribution in [0, 0.1) is 0 Å². The lowest BCUT2D eigenvalue weighted by molar-refractivity contribution is 0.410. The average molecular weight is 171 g/mol. The Balaban J connectivity index is 3.63. The van der Waals surface area contributed by atoms with Crippen LogP contribution in [-0.2, 0) is 0 Å². The van der Waals surface area contributed by atoms with Crippen LogP contribution in [0.25, 0.3) is 0 Å². The molecule has 0 N–H and O–H groups in total. The van der Waals surface area contributed by atoms with Gasteiger partial charge in [-0.3, -0.25) is 0 Å². The zero-order chi connectivity index (χ0) is 8.85.